The van der Waals surface area contributed by atoms with Gasteiger partial charge in [0.15, 0.2) is 5.79 Å². The predicted molar refractivity (Wildman–Crippen MR) is 71.0 cm³/mol. The summed E-state index contributed by atoms with van der Waals surface area (Å²) < 4.78 is 21.5. The second-order valence-corrected chi connectivity index (χ2v) is 5.81. The van der Waals surface area contributed by atoms with Crippen LogP contribution in [0.4, 0.5) is 0 Å². The molecule has 21 heavy (non-hydrogen) atoms. The minimum Gasteiger partial charge on any atom is -0.466 e. The van der Waals surface area contributed by atoms with Gasteiger partial charge in [0.1, 0.15) is 0 Å². The molecule has 0 aromatic carbocycles. The molecular weight excluding hydrogens is 276 g/mol. The average Bonchev–Trinajstić information content (AvgIpc) is 2.81. The summed E-state index contributed by atoms with van der Waals surface area (Å²) >= 11 is 0. The minimum atomic E-state index is -0.745. The molecule has 0 amide bonds. The number of hydrogen-bond donors (Lipinski definition) is 0. The summed E-state index contributed by atoms with van der Waals surface area (Å²) in [5, 5.41) is 0. The molecule has 0 aromatic rings. The van der Waals surface area contributed by atoms with Gasteiger partial charge in [-0.05, 0) is 13.8 Å². The molecule has 4 atom stereocenters. The molecule has 6 heteroatoms. The summed E-state index contributed by atoms with van der Waals surface area (Å²) in [5.74, 6) is -2.51. The van der Waals surface area contributed by atoms with E-state index in [-0.39, 0.29) is 24.0 Å². The molecule has 4 aliphatic rings. The van der Waals surface area contributed by atoms with E-state index in [1.54, 1.807) is 0 Å². The third-order valence-electron chi connectivity index (χ3n) is 4.16. The van der Waals surface area contributed by atoms with E-state index in [2.05, 4.69) is 0 Å². The summed E-state index contributed by atoms with van der Waals surface area (Å²) in [4.78, 5) is 24.2. The number of carbonyl (C=O) groups excluding carboxylic acids is 2. The van der Waals surface area contributed by atoms with Gasteiger partial charge >= 0.3 is 11.9 Å². The van der Waals surface area contributed by atoms with Crippen LogP contribution in [0.2, 0.25) is 0 Å². The van der Waals surface area contributed by atoms with E-state index in [0.717, 1.165) is 0 Å². The van der Waals surface area contributed by atoms with Crippen molar-refractivity contribution in [1.82, 2.24) is 0 Å². The van der Waals surface area contributed by atoms with Crippen LogP contribution in [-0.2, 0) is 28.5 Å². The highest BCUT2D eigenvalue weighted by Crippen LogP contribution is 2.50. The molecule has 6 nitrogen and oxygen atoms in total. The first-order chi connectivity index (χ1) is 9.89. The number of esters is 2. The highest BCUT2D eigenvalue weighted by molar-refractivity contribution is 6.02. The molecule has 0 radical (unpaired) electrons. The van der Waals surface area contributed by atoms with E-state index in [9.17, 15) is 9.59 Å². The first-order valence-electron chi connectivity index (χ1n) is 6.84. The van der Waals surface area contributed by atoms with E-state index in [4.69, 9.17) is 18.9 Å². The molecule has 4 rings (SSSR count). The minimum absolute atomic E-state index is 0.294. The fourth-order valence-electron chi connectivity index (χ4n) is 3.42. The standard InChI is InChI=1S/C15H18O6/c1-15(2)20-11-7-5-6-8(12(11)21-15)10(14(17)19-4)9(7)13(16)18-3/h5-8,11-12H,1-4H3/t7-,8+,11-,12+. The van der Waals surface area contributed by atoms with Crippen molar-refractivity contribution >= 4 is 11.9 Å². The fourth-order valence-corrected chi connectivity index (χ4v) is 3.42. The maximum Gasteiger partial charge on any atom is 0.335 e. The van der Waals surface area contributed by atoms with Gasteiger partial charge in [-0.25, -0.2) is 9.59 Å². The quantitative estimate of drug-likeness (QED) is 0.558. The molecule has 0 unspecified atom stereocenters. The fraction of sp³-hybridized carbons (Fsp3) is 0.600. The molecule has 0 aromatic heterocycles. The highest BCUT2D eigenvalue weighted by atomic mass is 16.8. The number of methoxy groups -OCH3 is 2. The first-order valence-corrected chi connectivity index (χ1v) is 6.84. The van der Waals surface area contributed by atoms with Crippen LogP contribution in [0.1, 0.15) is 13.8 Å². The Morgan fingerprint density at radius 2 is 1.33 bits per heavy atom. The normalized spacial score (nSPS) is 35.6. The Morgan fingerprint density at radius 3 is 1.67 bits per heavy atom. The Balaban J connectivity index is 2.09. The lowest BCUT2D eigenvalue weighted by atomic mass is 9.68. The lowest BCUT2D eigenvalue weighted by molar-refractivity contribution is -0.150. The van der Waals surface area contributed by atoms with Crippen LogP contribution in [0.3, 0.4) is 0 Å². The lowest BCUT2D eigenvalue weighted by Gasteiger charge is -2.40. The van der Waals surface area contributed by atoms with E-state index in [1.807, 2.05) is 26.0 Å². The molecule has 1 heterocycles. The zero-order chi connectivity index (χ0) is 15.4. The van der Waals surface area contributed by atoms with Crippen LogP contribution in [-0.4, -0.2) is 44.2 Å². The Morgan fingerprint density at radius 1 is 0.952 bits per heavy atom. The Bertz CT molecular complexity index is 513. The summed E-state index contributed by atoms with van der Waals surface area (Å²) in [7, 11) is 2.59. The summed E-state index contributed by atoms with van der Waals surface area (Å²) in [6, 6.07) is 0. The molecule has 0 N–H and O–H groups in total. The molecule has 0 spiro atoms. The second-order valence-electron chi connectivity index (χ2n) is 5.81. The topological polar surface area (TPSA) is 71.1 Å². The van der Waals surface area contributed by atoms with Gasteiger partial charge in [0.2, 0.25) is 0 Å². The van der Waals surface area contributed by atoms with Gasteiger partial charge in [0, 0.05) is 11.8 Å². The molecule has 2 bridgehead atoms. The van der Waals surface area contributed by atoms with Gasteiger partial charge in [-0.2, -0.15) is 0 Å². The lowest BCUT2D eigenvalue weighted by Crippen LogP contribution is -2.48. The molecule has 1 aliphatic heterocycles. The van der Waals surface area contributed by atoms with Gasteiger partial charge in [-0.1, -0.05) is 12.2 Å². The van der Waals surface area contributed by atoms with Crippen LogP contribution < -0.4 is 0 Å². The average molecular weight is 294 g/mol. The van der Waals surface area contributed by atoms with Crippen LogP contribution in [0.5, 0.6) is 0 Å². The van der Waals surface area contributed by atoms with Crippen molar-refractivity contribution in [3.63, 3.8) is 0 Å². The summed E-state index contributed by atoms with van der Waals surface area (Å²) in [5.41, 5.74) is 0.638. The van der Waals surface area contributed by atoms with Gasteiger partial charge < -0.3 is 18.9 Å². The van der Waals surface area contributed by atoms with E-state index < -0.39 is 17.7 Å². The number of hydrogen-bond acceptors (Lipinski definition) is 6. The van der Waals surface area contributed by atoms with Crippen molar-refractivity contribution in [3.05, 3.63) is 23.3 Å². The van der Waals surface area contributed by atoms with Crippen molar-refractivity contribution in [2.75, 3.05) is 14.2 Å². The zero-order valence-corrected chi connectivity index (χ0v) is 12.4. The number of carbonyl (C=O) groups is 2. The maximum atomic E-state index is 12.1. The monoisotopic (exact) mass is 294 g/mol. The summed E-state index contributed by atoms with van der Waals surface area (Å²) in [6.45, 7) is 3.64. The van der Waals surface area contributed by atoms with Crippen LogP contribution >= 0.6 is 0 Å². The molecule has 0 saturated carbocycles. The van der Waals surface area contributed by atoms with Crippen molar-refractivity contribution in [3.8, 4) is 0 Å². The van der Waals surface area contributed by atoms with Crippen molar-refractivity contribution < 1.29 is 28.5 Å². The third-order valence-corrected chi connectivity index (χ3v) is 4.16. The van der Waals surface area contributed by atoms with Gasteiger partial charge in [-0.15, -0.1) is 0 Å². The van der Waals surface area contributed by atoms with Gasteiger partial charge in [-0.3, -0.25) is 0 Å². The SMILES string of the molecule is COC(=O)C1=C(C(=O)OC)[C@@H]2C=C[C@H]1[C@H]1OC(C)(C)O[C@H]12. The Labute approximate surface area is 122 Å². The maximum absolute atomic E-state index is 12.1. The summed E-state index contributed by atoms with van der Waals surface area (Å²) in [6.07, 6.45) is 3.18. The number of ether oxygens (including phenoxy) is 4. The predicted octanol–water partition coefficient (Wildman–Crippen LogP) is 0.965. The zero-order valence-electron chi connectivity index (χ0n) is 12.4. The second kappa shape index (κ2) is 4.68. The molecule has 3 aliphatic carbocycles. The molecule has 1 fully saturated rings. The van der Waals surface area contributed by atoms with E-state index in [1.165, 1.54) is 14.2 Å². The molecular formula is C15H18O6. The molecule has 114 valence electrons. The largest absolute Gasteiger partial charge is 0.466 e. The number of rotatable bonds is 2. The Hall–Kier alpha value is -1.66. The van der Waals surface area contributed by atoms with Gasteiger partial charge in [0.25, 0.3) is 0 Å². The van der Waals surface area contributed by atoms with Crippen molar-refractivity contribution in [2.45, 2.75) is 31.8 Å². The highest BCUT2D eigenvalue weighted by Gasteiger charge is 2.57. The van der Waals surface area contributed by atoms with Crippen LogP contribution in [0.15, 0.2) is 23.3 Å². The van der Waals surface area contributed by atoms with E-state index >= 15 is 0 Å². The Kier molecular flexibility index (Phi) is 3.18. The third kappa shape index (κ3) is 2.01. The van der Waals surface area contributed by atoms with E-state index in [0.29, 0.717) is 11.1 Å². The van der Waals surface area contributed by atoms with Crippen molar-refractivity contribution in [1.29, 1.82) is 0 Å². The van der Waals surface area contributed by atoms with Crippen LogP contribution in [0.25, 0.3) is 0 Å². The van der Waals surface area contributed by atoms with Crippen LogP contribution in [0, 0.1) is 11.8 Å². The van der Waals surface area contributed by atoms with Crippen molar-refractivity contribution in [2.24, 2.45) is 11.8 Å². The molecule has 1 saturated heterocycles. The smallest absolute Gasteiger partial charge is 0.335 e. The first kappa shape index (κ1) is 14.3. The van der Waals surface area contributed by atoms with Gasteiger partial charge in [0.05, 0.1) is 37.6 Å².